The minimum Gasteiger partial charge on any atom is -0.339 e. The Kier molecular flexibility index (Phi) is 4.63. The third kappa shape index (κ3) is 3.86. The van der Waals surface area contributed by atoms with Crippen LogP contribution in [-0.4, -0.2) is 16.7 Å². The molecule has 0 amide bonds. The summed E-state index contributed by atoms with van der Waals surface area (Å²) in [5.74, 6) is 1.29. The first-order chi connectivity index (χ1) is 9.19. The zero-order valence-electron chi connectivity index (χ0n) is 11.0. The molecule has 102 valence electrons. The molecule has 0 aliphatic heterocycles. The van der Waals surface area contributed by atoms with Crippen LogP contribution in [0.3, 0.4) is 0 Å². The predicted octanol–water partition coefficient (Wildman–Crippen LogP) is 2.33. The van der Waals surface area contributed by atoms with Gasteiger partial charge in [-0.15, -0.1) is 0 Å². The largest absolute Gasteiger partial charge is 0.339 e. The molecule has 19 heavy (non-hydrogen) atoms. The Balaban J connectivity index is 1.96. The molecule has 2 N–H and O–H groups in total. The van der Waals surface area contributed by atoms with E-state index < -0.39 is 0 Å². The maximum absolute atomic E-state index is 13.5. The van der Waals surface area contributed by atoms with Crippen LogP contribution in [0.15, 0.2) is 28.8 Å². The number of hydrogen-bond acceptors (Lipinski definition) is 4. The van der Waals surface area contributed by atoms with E-state index in [2.05, 4.69) is 17.1 Å². The fraction of sp³-hybridized carbons (Fsp3) is 0.429. The maximum Gasteiger partial charge on any atom is 0.226 e. The molecule has 1 atom stereocenters. The van der Waals surface area contributed by atoms with Crippen molar-refractivity contribution in [2.45, 2.75) is 26.2 Å². The molecule has 0 radical (unpaired) electrons. The van der Waals surface area contributed by atoms with Crippen molar-refractivity contribution >= 4 is 0 Å². The first kappa shape index (κ1) is 13.7. The lowest BCUT2D eigenvalue weighted by Gasteiger charge is -2.03. The van der Waals surface area contributed by atoms with Gasteiger partial charge in [-0.25, -0.2) is 4.39 Å². The van der Waals surface area contributed by atoms with Gasteiger partial charge >= 0.3 is 0 Å². The van der Waals surface area contributed by atoms with Crippen molar-refractivity contribution in [3.8, 4) is 0 Å². The molecule has 0 bridgehead atoms. The van der Waals surface area contributed by atoms with Gasteiger partial charge in [-0.2, -0.15) is 4.98 Å². The van der Waals surface area contributed by atoms with Crippen molar-refractivity contribution in [2.24, 2.45) is 11.7 Å². The minimum absolute atomic E-state index is 0.245. The second-order valence-corrected chi connectivity index (χ2v) is 4.75. The molecule has 0 saturated carbocycles. The highest BCUT2D eigenvalue weighted by Crippen LogP contribution is 2.12. The van der Waals surface area contributed by atoms with Crippen molar-refractivity contribution in [1.82, 2.24) is 10.1 Å². The van der Waals surface area contributed by atoms with Gasteiger partial charge in [0.1, 0.15) is 5.82 Å². The fourth-order valence-corrected chi connectivity index (χ4v) is 1.76. The normalized spacial score (nSPS) is 12.6. The van der Waals surface area contributed by atoms with Crippen molar-refractivity contribution in [2.75, 3.05) is 6.54 Å². The van der Waals surface area contributed by atoms with Crippen LogP contribution in [0.5, 0.6) is 0 Å². The van der Waals surface area contributed by atoms with Crippen LogP contribution in [0.4, 0.5) is 4.39 Å². The number of rotatable bonds is 6. The van der Waals surface area contributed by atoms with Crippen molar-refractivity contribution in [1.29, 1.82) is 0 Å². The summed E-state index contributed by atoms with van der Waals surface area (Å²) < 4.78 is 18.6. The van der Waals surface area contributed by atoms with Gasteiger partial charge in [-0.05, 0) is 30.5 Å². The number of halogens is 1. The number of nitrogens with zero attached hydrogens (tertiary/aromatic N) is 2. The molecule has 1 aromatic heterocycles. The smallest absolute Gasteiger partial charge is 0.226 e. The predicted molar refractivity (Wildman–Crippen MR) is 70.0 cm³/mol. The van der Waals surface area contributed by atoms with E-state index >= 15 is 0 Å². The maximum atomic E-state index is 13.5. The van der Waals surface area contributed by atoms with Crippen LogP contribution in [0.2, 0.25) is 0 Å². The molecule has 5 heteroatoms. The molecule has 4 nitrogen and oxygen atoms in total. The van der Waals surface area contributed by atoms with Crippen molar-refractivity contribution in [3.05, 3.63) is 47.4 Å². The summed E-state index contributed by atoms with van der Waals surface area (Å²) in [7, 11) is 0. The summed E-state index contributed by atoms with van der Waals surface area (Å²) in [6, 6.07) is 6.61. The second-order valence-electron chi connectivity index (χ2n) is 4.75. The summed E-state index contributed by atoms with van der Waals surface area (Å²) >= 11 is 0. The average Bonchev–Trinajstić information content (AvgIpc) is 2.86. The summed E-state index contributed by atoms with van der Waals surface area (Å²) in [5, 5.41) is 3.87. The van der Waals surface area contributed by atoms with E-state index in [0.717, 1.165) is 6.42 Å². The molecule has 1 heterocycles. The lowest BCUT2D eigenvalue weighted by atomic mass is 10.1. The molecule has 0 aliphatic rings. The Bertz CT molecular complexity index is 527. The molecule has 2 rings (SSSR count). The monoisotopic (exact) mass is 263 g/mol. The molecule has 0 aliphatic carbocycles. The van der Waals surface area contributed by atoms with Crippen LogP contribution in [0.25, 0.3) is 0 Å². The first-order valence-electron chi connectivity index (χ1n) is 6.44. The summed E-state index contributed by atoms with van der Waals surface area (Å²) in [5.41, 5.74) is 6.13. The standard InChI is InChI=1S/C14H18FN3O/c1-10(9-16)6-7-14-17-13(18-19-14)8-11-4-2-3-5-12(11)15/h2-5,10H,6-9,16H2,1H3. The zero-order valence-corrected chi connectivity index (χ0v) is 11.0. The van der Waals surface area contributed by atoms with E-state index in [-0.39, 0.29) is 5.82 Å². The Morgan fingerprint density at radius 3 is 2.89 bits per heavy atom. The minimum atomic E-state index is -0.245. The Hall–Kier alpha value is -1.75. The van der Waals surface area contributed by atoms with Crippen LogP contribution in [-0.2, 0) is 12.8 Å². The Morgan fingerprint density at radius 1 is 1.37 bits per heavy atom. The molecular weight excluding hydrogens is 245 g/mol. The number of aromatic nitrogens is 2. The highest BCUT2D eigenvalue weighted by molar-refractivity contribution is 5.20. The Labute approximate surface area is 111 Å². The van der Waals surface area contributed by atoms with E-state index in [1.54, 1.807) is 18.2 Å². The first-order valence-corrected chi connectivity index (χ1v) is 6.44. The third-order valence-electron chi connectivity index (χ3n) is 3.07. The van der Waals surface area contributed by atoms with Gasteiger partial charge in [0.2, 0.25) is 5.89 Å². The van der Waals surface area contributed by atoms with Gasteiger partial charge in [-0.3, -0.25) is 0 Å². The second kappa shape index (κ2) is 6.43. The number of hydrogen-bond donors (Lipinski definition) is 1. The van der Waals surface area contributed by atoms with Crippen LogP contribution in [0.1, 0.15) is 30.6 Å². The van der Waals surface area contributed by atoms with E-state index in [4.69, 9.17) is 10.3 Å². The molecule has 1 aromatic carbocycles. The lowest BCUT2D eigenvalue weighted by Crippen LogP contribution is -2.11. The van der Waals surface area contributed by atoms with Crippen molar-refractivity contribution in [3.63, 3.8) is 0 Å². The number of nitrogens with two attached hydrogens (primary N) is 1. The molecular formula is C14H18FN3O. The molecule has 0 fully saturated rings. The lowest BCUT2D eigenvalue weighted by molar-refractivity contribution is 0.362. The van der Waals surface area contributed by atoms with Gasteiger partial charge in [0, 0.05) is 12.8 Å². The molecule has 1 unspecified atom stereocenters. The van der Waals surface area contributed by atoms with Crippen LogP contribution >= 0.6 is 0 Å². The highest BCUT2D eigenvalue weighted by atomic mass is 19.1. The van der Waals surface area contributed by atoms with Gasteiger partial charge in [-0.1, -0.05) is 30.3 Å². The van der Waals surface area contributed by atoms with E-state index in [1.807, 2.05) is 0 Å². The molecule has 0 saturated heterocycles. The molecule has 0 spiro atoms. The van der Waals surface area contributed by atoms with Gasteiger partial charge in [0.25, 0.3) is 0 Å². The summed E-state index contributed by atoms with van der Waals surface area (Å²) in [6.45, 7) is 2.73. The van der Waals surface area contributed by atoms with E-state index in [0.29, 0.717) is 42.6 Å². The highest BCUT2D eigenvalue weighted by Gasteiger charge is 2.10. The average molecular weight is 263 g/mol. The summed E-state index contributed by atoms with van der Waals surface area (Å²) in [4.78, 5) is 4.27. The summed E-state index contributed by atoms with van der Waals surface area (Å²) in [6.07, 6.45) is 1.98. The number of aryl methyl sites for hydroxylation is 1. The SMILES string of the molecule is CC(CN)CCc1nc(Cc2ccccc2F)no1. The Morgan fingerprint density at radius 2 is 2.16 bits per heavy atom. The van der Waals surface area contributed by atoms with Crippen LogP contribution < -0.4 is 5.73 Å². The van der Waals surface area contributed by atoms with Crippen LogP contribution in [0, 0.1) is 11.7 Å². The number of benzene rings is 1. The third-order valence-corrected chi connectivity index (χ3v) is 3.07. The van der Waals surface area contributed by atoms with Gasteiger partial charge in [0.05, 0.1) is 0 Å². The van der Waals surface area contributed by atoms with Crippen molar-refractivity contribution < 1.29 is 8.91 Å². The zero-order chi connectivity index (χ0) is 13.7. The quantitative estimate of drug-likeness (QED) is 0.868. The fourth-order valence-electron chi connectivity index (χ4n) is 1.76. The van der Waals surface area contributed by atoms with E-state index in [9.17, 15) is 4.39 Å². The van der Waals surface area contributed by atoms with Gasteiger partial charge < -0.3 is 10.3 Å². The topological polar surface area (TPSA) is 64.9 Å². The van der Waals surface area contributed by atoms with E-state index in [1.165, 1.54) is 6.07 Å². The molecule has 2 aromatic rings. The van der Waals surface area contributed by atoms with Gasteiger partial charge in [0.15, 0.2) is 5.82 Å².